The third-order valence-electron chi connectivity index (χ3n) is 3.54. The third-order valence-corrected chi connectivity index (χ3v) is 3.54. The molecule has 7 nitrogen and oxygen atoms in total. The van der Waals surface area contributed by atoms with Gasteiger partial charge in [0.25, 0.3) is 0 Å². The van der Waals surface area contributed by atoms with E-state index in [1.807, 2.05) is 19.0 Å². The van der Waals surface area contributed by atoms with E-state index in [1.165, 1.54) is 0 Å². The van der Waals surface area contributed by atoms with E-state index in [-0.39, 0.29) is 0 Å². The van der Waals surface area contributed by atoms with Crippen LogP contribution in [-0.2, 0) is 0 Å². The van der Waals surface area contributed by atoms with Crippen molar-refractivity contribution in [2.45, 2.75) is 26.7 Å². The predicted molar refractivity (Wildman–Crippen MR) is 77.2 cm³/mol. The maximum Gasteiger partial charge on any atom is 0.243 e. The first-order chi connectivity index (χ1) is 8.91. The molecule has 0 amide bonds. The van der Waals surface area contributed by atoms with Gasteiger partial charge < -0.3 is 9.80 Å². The molecule has 2 heterocycles. The van der Waals surface area contributed by atoms with Gasteiger partial charge >= 0.3 is 0 Å². The lowest BCUT2D eigenvalue weighted by molar-refractivity contribution is 0.278. The van der Waals surface area contributed by atoms with Crippen LogP contribution in [0.3, 0.4) is 0 Å². The smallest absolute Gasteiger partial charge is 0.243 e. The van der Waals surface area contributed by atoms with E-state index in [9.17, 15) is 0 Å². The molecule has 0 aromatic carbocycles. The van der Waals surface area contributed by atoms with E-state index in [2.05, 4.69) is 39.1 Å². The molecule has 1 aromatic rings. The number of nitrogens with two attached hydrogens (primary N) is 1. The van der Waals surface area contributed by atoms with Crippen LogP contribution < -0.4 is 21.1 Å². The van der Waals surface area contributed by atoms with Crippen molar-refractivity contribution >= 4 is 17.8 Å². The summed E-state index contributed by atoms with van der Waals surface area (Å²) in [7, 11) is 3.80. The minimum atomic E-state index is 0.401. The number of aromatic nitrogens is 3. The summed E-state index contributed by atoms with van der Waals surface area (Å²) in [5, 5.41) is 0. The molecule has 106 valence electrons. The second-order valence-corrected chi connectivity index (χ2v) is 5.95. The van der Waals surface area contributed by atoms with E-state index < -0.39 is 0 Å². The lowest BCUT2D eigenvalue weighted by Crippen LogP contribution is -2.38. The standard InChI is InChI=1S/C12H23N7/c1-12(2)5-7-19(8-6-12)11-15-9(17-13)14-10(16-11)18(3)4/h5-8,13H2,1-4H3,(H,14,15,16,17). The highest BCUT2D eigenvalue weighted by atomic mass is 15.4. The molecule has 1 fully saturated rings. The van der Waals surface area contributed by atoms with Crippen molar-refractivity contribution in [2.75, 3.05) is 42.4 Å². The molecular formula is C12H23N7. The van der Waals surface area contributed by atoms with Gasteiger partial charge in [-0.05, 0) is 18.3 Å². The van der Waals surface area contributed by atoms with Gasteiger partial charge in [-0.2, -0.15) is 15.0 Å². The predicted octanol–water partition coefficient (Wildman–Crippen LogP) is 0.850. The molecule has 3 N–H and O–H groups in total. The summed E-state index contributed by atoms with van der Waals surface area (Å²) in [5.74, 6) is 7.13. The Morgan fingerprint density at radius 3 is 2.32 bits per heavy atom. The first-order valence-corrected chi connectivity index (χ1v) is 6.56. The van der Waals surface area contributed by atoms with Crippen LogP contribution in [0.2, 0.25) is 0 Å². The van der Waals surface area contributed by atoms with Gasteiger partial charge in [-0.15, -0.1) is 0 Å². The largest absolute Gasteiger partial charge is 0.347 e. The lowest BCUT2D eigenvalue weighted by Gasteiger charge is -2.37. The normalized spacial score (nSPS) is 18.3. The molecule has 0 atom stereocenters. The quantitative estimate of drug-likeness (QED) is 0.619. The molecule has 0 spiro atoms. The van der Waals surface area contributed by atoms with Crippen LogP contribution in [0, 0.1) is 5.41 Å². The Labute approximate surface area is 114 Å². The van der Waals surface area contributed by atoms with Crippen molar-refractivity contribution < 1.29 is 0 Å². The molecule has 1 aliphatic rings. The van der Waals surface area contributed by atoms with Gasteiger partial charge in [-0.3, -0.25) is 5.43 Å². The van der Waals surface area contributed by atoms with Gasteiger partial charge in [0.05, 0.1) is 0 Å². The summed E-state index contributed by atoms with van der Waals surface area (Å²) in [6.45, 7) is 6.54. The van der Waals surface area contributed by atoms with Crippen molar-refractivity contribution in [3.8, 4) is 0 Å². The summed E-state index contributed by atoms with van der Waals surface area (Å²) in [6, 6.07) is 0. The molecule has 0 saturated carbocycles. The molecule has 1 saturated heterocycles. The zero-order valence-corrected chi connectivity index (χ0v) is 12.1. The number of anilines is 3. The van der Waals surface area contributed by atoms with E-state index in [0.717, 1.165) is 25.9 Å². The molecule has 0 aliphatic carbocycles. The minimum absolute atomic E-state index is 0.401. The van der Waals surface area contributed by atoms with E-state index in [1.54, 1.807) is 0 Å². The van der Waals surface area contributed by atoms with Crippen molar-refractivity contribution in [3.63, 3.8) is 0 Å². The Balaban J connectivity index is 2.22. The van der Waals surface area contributed by atoms with Crippen LogP contribution in [0.25, 0.3) is 0 Å². The second kappa shape index (κ2) is 5.16. The summed E-state index contributed by atoms with van der Waals surface area (Å²) in [4.78, 5) is 17.1. The first kappa shape index (κ1) is 13.8. The van der Waals surface area contributed by atoms with Crippen molar-refractivity contribution in [1.82, 2.24) is 15.0 Å². The Morgan fingerprint density at radius 2 is 1.79 bits per heavy atom. The van der Waals surface area contributed by atoms with Crippen LogP contribution in [0.4, 0.5) is 17.8 Å². The number of piperidine rings is 1. The minimum Gasteiger partial charge on any atom is -0.347 e. The Kier molecular flexibility index (Phi) is 3.75. The Bertz CT molecular complexity index is 434. The number of nitrogens with one attached hydrogen (secondary N) is 1. The Morgan fingerprint density at radius 1 is 1.16 bits per heavy atom. The zero-order chi connectivity index (χ0) is 14.0. The monoisotopic (exact) mass is 265 g/mol. The highest BCUT2D eigenvalue weighted by Gasteiger charge is 2.27. The number of nitrogens with zero attached hydrogens (tertiary/aromatic N) is 5. The molecule has 7 heteroatoms. The molecule has 0 unspecified atom stereocenters. The average Bonchev–Trinajstić information content (AvgIpc) is 2.38. The number of hydrogen-bond acceptors (Lipinski definition) is 7. The van der Waals surface area contributed by atoms with Gasteiger partial charge in [0.15, 0.2) is 0 Å². The highest BCUT2D eigenvalue weighted by molar-refractivity contribution is 5.44. The second-order valence-electron chi connectivity index (χ2n) is 5.95. The van der Waals surface area contributed by atoms with Crippen molar-refractivity contribution in [3.05, 3.63) is 0 Å². The zero-order valence-electron chi connectivity index (χ0n) is 12.1. The summed E-state index contributed by atoms with van der Waals surface area (Å²) >= 11 is 0. The SMILES string of the molecule is CN(C)c1nc(NN)nc(N2CCC(C)(C)CC2)n1. The first-order valence-electron chi connectivity index (χ1n) is 6.56. The number of hydrazine groups is 1. The van der Waals surface area contributed by atoms with Crippen LogP contribution in [0.15, 0.2) is 0 Å². The van der Waals surface area contributed by atoms with E-state index >= 15 is 0 Å². The van der Waals surface area contributed by atoms with Crippen molar-refractivity contribution in [1.29, 1.82) is 0 Å². The van der Waals surface area contributed by atoms with Gasteiger partial charge in [-0.1, -0.05) is 13.8 Å². The molecule has 19 heavy (non-hydrogen) atoms. The fourth-order valence-corrected chi connectivity index (χ4v) is 2.07. The molecule has 0 bridgehead atoms. The lowest BCUT2D eigenvalue weighted by atomic mass is 9.83. The summed E-state index contributed by atoms with van der Waals surface area (Å²) in [5.41, 5.74) is 2.91. The van der Waals surface area contributed by atoms with Gasteiger partial charge in [0.1, 0.15) is 0 Å². The molecule has 1 aliphatic heterocycles. The van der Waals surface area contributed by atoms with Gasteiger partial charge in [0, 0.05) is 27.2 Å². The number of nitrogen functional groups attached to an aromatic ring is 1. The maximum absolute atomic E-state index is 5.42. The molecule has 0 radical (unpaired) electrons. The summed E-state index contributed by atoms with van der Waals surface area (Å²) in [6.07, 6.45) is 2.28. The van der Waals surface area contributed by atoms with Crippen molar-refractivity contribution in [2.24, 2.45) is 11.3 Å². The van der Waals surface area contributed by atoms with E-state index in [4.69, 9.17) is 5.84 Å². The number of hydrogen-bond donors (Lipinski definition) is 2. The van der Waals surface area contributed by atoms with Crippen LogP contribution in [-0.4, -0.2) is 42.1 Å². The van der Waals surface area contributed by atoms with Gasteiger partial charge in [0.2, 0.25) is 17.8 Å². The van der Waals surface area contributed by atoms with Crippen LogP contribution in [0.1, 0.15) is 26.7 Å². The fourth-order valence-electron chi connectivity index (χ4n) is 2.07. The number of rotatable bonds is 3. The topological polar surface area (TPSA) is 83.2 Å². The molecule has 1 aromatic heterocycles. The van der Waals surface area contributed by atoms with E-state index in [0.29, 0.717) is 23.3 Å². The van der Waals surface area contributed by atoms with Crippen LogP contribution >= 0.6 is 0 Å². The molecular weight excluding hydrogens is 242 g/mol. The average molecular weight is 265 g/mol. The van der Waals surface area contributed by atoms with Gasteiger partial charge in [-0.25, -0.2) is 5.84 Å². The highest BCUT2D eigenvalue weighted by Crippen LogP contribution is 2.31. The molecule has 2 rings (SSSR count). The Hall–Kier alpha value is -1.63. The van der Waals surface area contributed by atoms with Crippen LogP contribution in [0.5, 0.6) is 0 Å². The summed E-state index contributed by atoms with van der Waals surface area (Å²) < 4.78 is 0. The maximum atomic E-state index is 5.42. The fraction of sp³-hybridized carbons (Fsp3) is 0.750. The third kappa shape index (κ3) is 3.23.